The topological polar surface area (TPSA) is 69.6 Å². The largest absolute Gasteiger partial charge is 0.480 e. The van der Waals surface area contributed by atoms with Crippen LogP contribution in [0.3, 0.4) is 0 Å². The van der Waals surface area contributed by atoms with E-state index < -0.39 is 11.5 Å². The first-order chi connectivity index (χ1) is 9.84. The number of nitrogens with one attached hydrogen (secondary N) is 1. The van der Waals surface area contributed by atoms with Crippen LogP contribution in [0.4, 0.5) is 4.79 Å². The van der Waals surface area contributed by atoms with Crippen molar-refractivity contribution >= 4 is 12.0 Å². The summed E-state index contributed by atoms with van der Waals surface area (Å²) in [5.74, 6) is 0.142. The third kappa shape index (κ3) is 3.50. The number of nitrogens with zero attached hydrogens (tertiary/aromatic N) is 1. The van der Waals surface area contributed by atoms with Gasteiger partial charge in [0.2, 0.25) is 0 Å². The zero-order chi connectivity index (χ0) is 15.6. The lowest BCUT2D eigenvalue weighted by molar-refractivity contribution is -0.146. The van der Waals surface area contributed by atoms with Gasteiger partial charge in [0.25, 0.3) is 0 Å². The molecule has 0 aromatic carbocycles. The van der Waals surface area contributed by atoms with Gasteiger partial charge in [0.05, 0.1) is 0 Å². The van der Waals surface area contributed by atoms with Crippen LogP contribution in [0.5, 0.6) is 0 Å². The number of hydrogen-bond acceptors (Lipinski definition) is 2. The monoisotopic (exact) mass is 296 g/mol. The van der Waals surface area contributed by atoms with Gasteiger partial charge in [0, 0.05) is 12.6 Å². The maximum absolute atomic E-state index is 12.6. The Bertz CT molecular complexity index is 402. The molecule has 0 aromatic rings. The van der Waals surface area contributed by atoms with Crippen LogP contribution < -0.4 is 5.32 Å². The molecule has 1 saturated heterocycles. The van der Waals surface area contributed by atoms with E-state index in [4.69, 9.17) is 0 Å². The summed E-state index contributed by atoms with van der Waals surface area (Å²) in [5, 5.41) is 12.5. The highest BCUT2D eigenvalue weighted by atomic mass is 16.4. The molecule has 1 aliphatic heterocycles. The molecule has 0 bridgehead atoms. The molecule has 5 heteroatoms. The molecule has 0 radical (unpaired) electrons. The number of aliphatic carboxylic acids is 1. The number of carbonyl (C=O) groups excluding carboxylic acids is 1. The maximum atomic E-state index is 12.6. The molecule has 120 valence electrons. The van der Waals surface area contributed by atoms with Crippen molar-refractivity contribution in [3.05, 3.63) is 0 Å². The Morgan fingerprint density at radius 3 is 2.24 bits per heavy atom. The number of piperidine rings is 1. The van der Waals surface area contributed by atoms with Gasteiger partial charge in [0.15, 0.2) is 0 Å². The molecule has 2 aliphatic rings. The normalized spacial score (nSPS) is 37.1. The van der Waals surface area contributed by atoms with Crippen LogP contribution in [-0.2, 0) is 4.79 Å². The van der Waals surface area contributed by atoms with Gasteiger partial charge in [-0.1, -0.05) is 13.8 Å². The van der Waals surface area contributed by atoms with E-state index in [0.717, 1.165) is 32.2 Å². The van der Waals surface area contributed by atoms with Crippen LogP contribution in [-0.4, -0.2) is 40.1 Å². The van der Waals surface area contributed by atoms with Crippen LogP contribution in [0.1, 0.15) is 59.3 Å². The standard InChI is InChI=1S/C16H28N2O3/c1-11-6-8-16(9-7-11,14(19)20)17-15(21)18-10-12(2)4-5-13(18)3/h11-13H,4-10H2,1-3H3,(H,17,21)(H,19,20). The average molecular weight is 296 g/mol. The molecule has 2 fully saturated rings. The fourth-order valence-electron chi connectivity index (χ4n) is 3.50. The van der Waals surface area contributed by atoms with Crippen molar-refractivity contribution in [3.63, 3.8) is 0 Å². The van der Waals surface area contributed by atoms with E-state index in [-0.39, 0.29) is 12.1 Å². The Morgan fingerprint density at radius 1 is 1.05 bits per heavy atom. The minimum atomic E-state index is -1.07. The Balaban J connectivity index is 2.06. The smallest absolute Gasteiger partial charge is 0.329 e. The number of amides is 2. The molecule has 2 rings (SSSR count). The Hall–Kier alpha value is -1.26. The Morgan fingerprint density at radius 2 is 1.67 bits per heavy atom. The van der Waals surface area contributed by atoms with Crippen LogP contribution in [0.2, 0.25) is 0 Å². The van der Waals surface area contributed by atoms with Gasteiger partial charge in [-0.25, -0.2) is 9.59 Å². The van der Waals surface area contributed by atoms with Crippen LogP contribution in [0.25, 0.3) is 0 Å². The van der Waals surface area contributed by atoms with Crippen LogP contribution >= 0.6 is 0 Å². The zero-order valence-corrected chi connectivity index (χ0v) is 13.4. The fraction of sp³-hybridized carbons (Fsp3) is 0.875. The molecule has 2 N–H and O–H groups in total. The van der Waals surface area contributed by atoms with Crippen molar-refractivity contribution in [2.24, 2.45) is 11.8 Å². The minimum absolute atomic E-state index is 0.189. The highest BCUT2D eigenvalue weighted by Gasteiger charge is 2.44. The molecule has 2 atom stereocenters. The first kappa shape index (κ1) is 16.1. The third-order valence-electron chi connectivity index (χ3n) is 5.26. The van der Waals surface area contributed by atoms with Crippen molar-refractivity contribution in [2.45, 2.75) is 70.9 Å². The molecule has 5 nitrogen and oxygen atoms in total. The van der Waals surface area contributed by atoms with Crippen LogP contribution in [0.15, 0.2) is 0 Å². The second-order valence-corrected chi connectivity index (χ2v) is 7.18. The molecular formula is C16H28N2O3. The Kier molecular flexibility index (Phi) is 4.79. The van der Waals surface area contributed by atoms with Crippen molar-refractivity contribution in [1.82, 2.24) is 10.2 Å². The summed E-state index contributed by atoms with van der Waals surface area (Å²) in [6.07, 6.45) is 4.91. The number of urea groups is 1. The van der Waals surface area contributed by atoms with E-state index in [1.54, 1.807) is 0 Å². The van der Waals surface area contributed by atoms with Gasteiger partial charge in [-0.3, -0.25) is 0 Å². The second kappa shape index (κ2) is 6.24. The fourth-order valence-corrected chi connectivity index (χ4v) is 3.50. The Labute approximate surface area is 127 Å². The molecule has 2 amide bonds. The van der Waals surface area contributed by atoms with E-state index in [0.29, 0.717) is 24.7 Å². The van der Waals surface area contributed by atoms with E-state index in [9.17, 15) is 14.7 Å². The first-order valence-electron chi connectivity index (χ1n) is 8.16. The third-order valence-corrected chi connectivity index (χ3v) is 5.26. The first-order valence-corrected chi connectivity index (χ1v) is 8.16. The van der Waals surface area contributed by atoms with Crippen LogP contribution in [0, 0.1) is 11.8 Å². The number of hydrogen-bond donors (Lipinski definition) is 2. The SMILES string of the molecule is CC1CCC(NC(=O)N2CC(C)CCC2C)(C(=O)O)CC1. The quantitative estimate of drug-likeness (QED) is 0.823. The second-order valence-electron chi connectivity index (χ2n) is 7.18. The number of carboxylic acids is 1. The molecule has 2 unspecified atom stereocenters. The molecule has 1 heterocycles. The van der Waals surface area contributed by atoms with Gasteiger partial charge in [0.1, 0.15) is 5.54 Å². The molecule has 1 aliphatic carbocycles. The van der Waals surface area contributed by atoms with Gasteiger partial charge in [-0.15, -0.1) is 0 Å². The number of carboxylic acid groups (broad SMARTS) is 1. The van der Waals surface area contributed by atoms with Gasteiger partial charge < -0.3 is 15.3 Å². The summed E-state index contributed by atoms with van der Waals surface area (Å²) < 4.78 is 0. The van der Waals surface area contributed by atoms with E-state index >= 15 is 0 Å². The highest BCUT2D eigenvalue weighted by Crippen LogP contribution is 2.33. The molecular weight excluding hydrogens is 268 g/mol. The predicted octanol–water partition coefficient (Wildman–Crippen LogP) is 2.85. The van der Waals surface area contributed by atoms with Crippen molar-refractivity contribution in [3.8, 4) is 0 Å². The molecule has 21 heavy (non-hydrogen) atoms. The van der Waals surface area contributed by atoms with Crippen molar-refractivity contribution < 1.29 is 14.7 Å². The van der Waals surface area contributed by atoms with E-state index in [2.05, 4.69) is 19.2 Å². The molecule has 0 aromatic heterocycles. The van der Waals surface area contributed by atoms with Crippen molar-refractivity contribution in [2.75, 3.05) is 6.54 Å². The molecule has 0 spiro atoms. The molecule has 1 saturated carbocycles. The summed E-state index contributed by atoms with van der Waals surface area (Å²) in [7, 11) is 0. The summed E-state index contributed by atoms with van der Waals surface area (Å²) in [6.45, 7) is 7.05. The van der Waals surface area contributed by atoms with Gasteiger partial charge >= 0.3 is 12.0 Å². The van der Waals surface area contributed by atoms with E-state index in [1.165, 1.54) is 0 Å². The number of likely N-dealkylation sites (tertiary alicyclic amines) is 1. The lowest BCUT2D eigenvalue weighted by Gasteiger charge is -2.41. The van der Waals surface area contributed by atoms with Gasteiger partial charge in [-0.05, 0) is 57.3 Å². The highest BCUT2D eigenvalue weighted by molar-refractivity contribution is 5.86. The van der Waals surface area contributed by atoms with Crippen molar-refractivity contribution in [1.29, 1.82) is 0 Å². The summed E-state index contributed by atoms with van der Waals surface area (Å²) >= 11 is 0. The summed E-state index contributed by atoms with van der Waals surface area (Å²) in [6, 6.07) is -0.0134. The lowest BCUT2D eigenvalue weighted by atomic mass is 9.77. The van der Waals surface area contributed by atoms with Gasteiger partial charge in [-0.2, -0.15) is 0 Å². The predicted molar refractivity (Wildman–Crippen MR) is 81.1 cm³/mol. The summed E-state index contributed by atoms with van der Waals surface area (Å²) in [5.41, 5.74) is -1.07. The average Bonchev–Trinajstić information content (AvgIpc) is 2.44. The number of carbonyl (C=O) groups is 2. The summed E-state index contributed by atoms with van der Waals surface area (Å²) in [4.78, 5) is 26.1. The van der Waals surface area contributed by atoms with E-state index in [1.807, 2.05) is 11.8 Å². The number of rotatable bonds is 2. The maximum Gasteiger partial charge on any atom is 0.329 e. The minimum Gasteiger partial charge on any atom is -0.480 e. The lowest BCUT2D eigenvalue weighted by Crippen LogP contribution is -2.61. The zero-order valence-electron chi connectivity index (χ0n) is 13.4.